The number of rotatable bonds is 16. The second-order valence-electron chi connectivity index (χ2n) is 9.24. The van der Waals surface area contributed by atoms with Gasteiger partial charge in [-0.05, 0) is 19.3 Å². The van der Waals surface area contributed by atoms with Crippen LogP contribution in [0.25, 0.3) is 11.2 Å². The number of anilines is 1. The molecule has 2 aromatic rings. The van der Waals surface area contributed by atoms with Crippen molar-refractivity contribution in [2.24, 2.45) is 0 Å². The second kappa shape index (κ2) is 15.1. The van der Waals surface area contributed by atoms with E-state index in [1.54, 1.807) is 10.9 Å². The summed E-state index contributed by atoms with van der Waals surface area (Å²) < 4.78 is 37.3. The molecular weight excluding hydrogens is 515 g/mol. The highest BCUT2D eigenvalue weighted by atomic mass is 31.2. The van der Waals surface area contributed by atoms with Gasteiger partial charge >= 0.3 is 11.9 Å². The molecule has 13 nitrogen and oxygen atoms in total. The van der Waals surface area contributed by atoms with Crippen molar-refractivity contribution in [3.05, 3.63) is 12.7 Å². The standard InChI is InChI=1S/C24H39N6O7P/c1-3-5-7-11-34-20(31)10-9-19(24(32)35-12-8-6-4-2)29-38(33)17-36-18(14-37-38)13-30-16-28-21-22(25)26-15-27-23(21)30/h15-16,18-19H,3-14,17H2,1-2H3,(H,29,33)(H2,25,26,27)/t18-,19-,38?/m0/s1. The molecule has 1 fully saturated rings. The maximum Gasteiger partial charge on any atom is 0.323 e. The van der Waals surface area contributed by atoms with Crippen LogP contribution in [-0.2, 0) is 39.4 Å². The zero-order chi connectivity index (χ0) is 27.4. The summed E-state index contributed by atoms with van der Waals surface area (Å²) in [5.74, 6) is -0.716. The Labute approximate surface area is 222 Å². The van der Waals surface area contributed by atoms with Crippen molar-refractivity contribution in [2.75, 3.05) is 31.9 Å². The molecule has 3 atom stereocenters. The number of hydrogen-bond acceptors (Lipinski definition) is 11. The molecule has 2 aromatic heterocycles. The molecule has 3 N–H and O–H groups in total. The van der Waals surface area contributed by atoms with Gasteiger partial charge in [-0.2, -0.15) is 0 Å². The average Bonchev–Trinajstić information content (AvgIpc) is 3.32. The lowest BCUT2D eigenvalue weighted by Gasteiger charge is -2.32. The smallest absolute Gasteiger partial charge is 0.323 e. The Bertz CT molecular complexity index is 1090. The molecule has 0 radical (unpaired) electrons. The lowest BCUT2D eigenvalue weighted by molar-refractivity contribution is -0.147. The first kappa shape index (κ1) is 29.9. The van der Waals surface area contributed by atoms with Gasteiger partial charge in [0.25, 0.3) is 7.52 Å². The third-order valence-corrected chi connectivity index (χ3v) is 7.82. The highest BCUT2D eigenvalue weighted by Gasteiger charge is 2.37. The zero-order valence-corrected chi connectivity index (χ0v) is 23.1. The van der Waals surface area contributed by atoms with Gasteiger partial charge in [-0.15, -0.1) is 0 Å². The minimum atomic E-state index is -3.54. The molecule has 1 saturated heterocycles. The Morgan fingerprint density at radius 3 is 2.58 bits per heavy atom. The number of carbonyl (C=O) groups excluding carboxylic acids is 2. The number of fused-ring (bicyclic) bond motifs is 1. The fourth-order valence-electron chi connectivity index (χ4n) is 3.89. The van der Waals surface area contributed by atoms with Crippen molar-refractivity contribution in [3.63, 3.8) is 0 Å². The summed E-state index contributed by atoms with van der Waals surface area (Å²) >= 11 is 0. The van der Waals surface area contributed by atoms with E-state index in [9.17, 15) is 14.2 Å². The van der Waals surface area contributed by atoms with Crippen molar-refractivity contribution in [3.8, 4) is 0 Å². The average molecular weight is 555 g/mol. The number of carbonyl (C=O) groups is 2. The van der Waals surface area contributed by atoms with Crippen LogP contribution in [0.4, 0.5) is 5.82 Å². The van der Waals surface area contributed by atoms with Crippen LogP contribution in [-0.4, -0.2) is 69.8 Å². The normalized spacial score (nSPS) is 20.3. The van der Waals surface area contributed by atoms with Crippen molar-refractivity contribution in [2.45, 2.75) is 83.9 Å². The van der Waals surface area contributed by atoms with Gasteiger partial charge in [-0.25, -0.2) is 20.0 Å². The molecule has 0 amide bonds. The second-order valence-corrected chi connectivity index (χ2v) is 11.4. The zero-order valence-electron chi connectivity index (χ0n) is 22.2. The Hall–Kier alpha value is -2.60. The molecule has 38 heavy (non-hydrogen) atoms. The number of hydrogen-bond donors (Lipinski definition) is 2. The quantitative estimate of drug-likeness (QED) is 0.177. The molecule has 0 bridgehead atoms. The van der Waals surface area contributed by atoms with Crippen LogP contribution in [0.15, 0.2) is 12.7 Å². The number of imidazole rings is 1. The molecule has 1 aliphatic rings. The summed E-state index contributed by atoms with van der Waals surface area (Å²) in [6, 6.07) is -0.997. The van der Waals surface area contributed by atoms with E-state index in [0.717, 1.165) is 38.5 Å². The van der Waals surface area contributed by atoms with Gasteiger partial charge < -0.3 is 29.0 Å². The molecule has 212 valence electrons. The number of nitrogens with zero attached hydrogens (tertiary/aromatic N) is 4. The monoisotopic (exact) mass is 554 g/mol. The first-order valence-electron chi connectivity index (χ1n) is 13.2. The summed E-state index contributed by atoms with van der Waals surface area (Å²) in [6.45, 7) is 5.07. The summed E-state index contributed by atoms with van der Waals surface area (Å²) in [5, 5.41) is 2.79. The van der Waals surface area contributed by atoms with Gasteiger partial charge in [0.2, 0.25) is 0 Å². The molecule has 14 heteroatoms. The molecule has 0 aliphatic carbocycles. The number of nitrogens with two attached hydrogens (primary N) is 1. The highest BCUT2D eigenvalue weighted by molar-refractivity contribution is 7.56. The van der Waals surface area contributed by atoms with Crippen LogP contribution < -0.4 is 10.8 Å². The fourth-order valence-corrected chi connectivity index (χ4v) is 5.64. The van der Waals surface area contributed by atoms with Crippen molar-refractivity contribution in [1.29, 1.82) is 0 Å². The molecule has 1 aliphatic heterocycles. The number of nitrogen functional groups attached to an aromatic ring is 1. The number of nitrogens with one attached hydrogen (secondary N) is 1. The minimum Gasteiger partial charge on any atom is -0.466 e. The molecule has 0 saturated carbocycles. The molecule has 0 spiro atoms. The Morgan fingerprint density at radius 2 is 1.89 bits per heavy atom. The van der Waals surface area contributed by atoms with Crippen LogP contribution in [0.5, 0.6) is 0 Å². The van der Waals surface area contributed by atoms with Crippen LogP contribution in [0.3, 0.4) is 0 Å². The van der Waals surface area contributed by atoms with Crippen LogP contribution in [0, 0.1) is 0 Å². The number of esters is 2. The van der Waals surface area contributed by atoms with Gasteiger partial charge in [0.05, 0.1) is 32.7 Å². The van der Waals surface area contributed by atoms with E-state index in [1.807, 2.05) is 0 Å². The van der Waals surface area contributed by atoms with Crippen LogP contribution in [0.1, 0.15) is 65.2 Å². The lowest BCUT2D eigenvalue weighted by atomic mass is 10.1. The predicted molar refractivity (Wildman–Crippen MR) is 140 cm³/mol. The van der Waals surface area contributed by atoms with Gasteiger partial charge in [-0.1, -0.05) is 39.5 Å². The van der Waals surface area contributed by atoms with Crippen molar-refractivity contribution < 1.29 is 32.9 Å². The fraction of sp³-hybridized carbons (Fsp3) is 0.708. The Kier molecular flexibility index (Phi) is 11.9. The third-order valence-electron chi connectivity index (χ3n) is 6.06. The van der Waals surface area contributed by atoms with Crippen molar-refractivity contribution in [1.82, 2.24) is 24.6 Å². The molecule has 0 aromatic carbocycles. The van der Waals surface area contributed by atoms with Crippen LogP contribution in [0.2, 0.25) is 0 Å². The summed E-state index contributed by atoms with van der Waals surface area (Å²) in [5.41, 5.74) is 6.88. The van der Waals surface area contributed by atoms with Gasteiger partial charge in [0.15, 0.2) is 11.5 Å². The first-order chi connectivity index (χ1) is 18.3. The molecular formula is C24H39N6O7P. The first-order valence-corrected chi connectivity index (χ1v) is 15.0. The van der Waals surface area contributed by atoms with E-state index in [4.69, 9.17) is 24.5 Å². The van der Waals surface area contributed by atoms with E-state index < -0.39 is 31.6 Å². The van der Waals surface area contributed by atoms with E-state index in [0.29, 0.717) is 24.3 Å². The van der Waals surface area contributed by atoms with Gasteiger partial charge in [-0.3, -0.25) is 14.2 Å². The molecule has 1 unspecified atom stereocenters. The van der Waals surface area contributed by atoms with E-state index >= 15 is 0 Å². The Morgan fingerprint density at radius 1 is 1.16 bits per heavy atom. The lowest BCUT2D eigenvalue weighted by Crippen LogP contribution is -2.41. The van der Waals surface area contributed by atoms with Gasteiger partial charge in [0, 0.05) is 6.42 Å². The number of aromatic nitrogens is 4. The SMILES string of the molecule is CCCCCOC(=O)CC[C@H](NP1(=O)CO[C@@H](Cn2cnc3c(N)ncnc32)CO1)C(=O)OCCCCC. The summed E-state index contributed by atoms with van der Waals surface area (Å²) in [7, 11) is -3.54. The summed E-state index contributed by atoms with van der Waals surface area (Å²) in [6.07, 6.45) is 7.74. The van der Waals surface area contributed by atoms with Crippen molar-refractivity contribution >= 4 is 36.4 Å². The maximum absolute atomic E-state index is 13.4. The number of ether oxygens (including phenoxy) is 3. The molecule has 3 heterocycles. The van der Waals surface area contributed by atoms with E-state index in [1.165, 1.54) is 6.33 Å². The summed E-state index contributed by atoms with van der Waals surface area (Å²) in [4.78, 5) is 37.3. The largest absolute Gasteiger partial charge is 0.466 e. The third kappa shape index (κ3) is 9.00. The maximum atomic E-state index is 13.4. The van der Waals surface area contributed by atoms with Crippen LogP contribution >= 0.6 is 7.52 Å². The minimum absolute atomic E-state index is 0.0161. The van der Waals surface area contributed by atoms with E-state index in [-0.39, 0.29) is 38.2 Å². The predicted octanol–water partition coefficient (Wildman–Crippen LogP) is 3.18. The Balaban J connectivity index is 1.54. The van der Waals surface area contributed by atoms with E-state index in [2.05, 4.69) is 33.9 Å². The van der Waals surface area contributed by atoms with Gasteiger partial charge in [0.1, 0.15) is 30.3 Å². The number of unbranched alkanes of at least 4 members (excludes halogenated alkanes) is 4. The highest BCUT2D eigenvalue weighted by Crippen LogP contribution is 2.46. The molecule has 3 rings (SSSR count). The topological polar surface area (TPSA) is 170 Å².